The average Bonchev–Trinajstić information content (AvgIpc) is 3.08. The maximum Gasteiger partial charge on any atom is 0.417 e. The minimum atomic E-state index is -4.73. The van der Waals surface area contributed by atoms with Crippen molar-refractivity contribution in [3.63, 3.8) is 0 Å². The molecule has 3 aromatic carbocycles. The van der Waals surface area contributed by atoms with Gasteiger partial charge in [0.25, 0.3) is 5.91 Å². The minimum Gasteiger partial charge on any atom is -0.480 e. The zero-order valence-corrected chi connectivity index (χ0v) is 20.7. The van der Waals surface area contributed by atoms with Gasteiger partial charge >= 0.3 is 6.18 Å². The highest BCUT2D eigenvalue weighted by Crippen LogP contribution is 2.38. The molecule has 1 fully saturated rings. The van der Waals surface area contributed by atoms with Crippen LogP contribution in [0.15, 0.2) is 66.7 Å². The van der Waals surface area contributed by atoms with E-state index in [-0.39, 0.29) is 24.7 Å². The van der Waals surface area contributed by atoms with E-state index in [2.05, 4.69) is 0 Å². The normalized spacial score (nSPS) is 16.4. The quantitative estimate of drug-likeness (QED) is 0.421. The monoisotopic (exact) mass is 531 g/mol. The van der Waals surface area contributed by atoms with Crippen LogP contribution in [0.25, 0.3) is 0 Å². The van der Waals surface area contributed by atoms with E-state index in [1.54, 1.807) is 44.2 Å². The Morgan fingerprint density at radius 3 is 2.37 bits per heavy atom. The molecule has 1 aliphatic rings. The van der Waals surface area contributed by atoms with Crippen LogP contribution in [-0.4, -0.2) is 23.5 Å². The number of likely N-dealkylation sites (tertiary alicyclic amines) is 1. The topological polar surface area (TPSA) is 79.3 Å². The van der Waals surface area contributed by atoms with Crippen LogP contribution < -0.4 is 10.5 Å². The fraction of sp³-hybridized carbons (Fsp3) is 0.286. The molecule has 4 rings (SSSR count). The van der Waals surface area contributed by atoms with Crippen LogP contribution in [0.2, 0.25) is 0 Å². The SMILES string of the molecule is CC1(C)CN(Cc2ccccc2F)C(=O)C1Oc1ccc(C#N)c(C(F)(F)F)c1.NCc1cccc(F)c1. The van der Waals surface area contributed by atoms with E-state index in [4.69, 9.17) is 15.7 Å². The van der Waals surface area contributed by atoms with E-state index in [0.717, 1.165) is 17.7 Å². The molecular weight excluding hydrogens is 505 g/mol. The number of carbonyl (C=O) groups is 1. The van der Waals surface area contributed by atoms with Gasteiger partial charge in [-0.2, -0.15) is 18.4 Å². The second kappa shape index (κ2) is 11.6. The Balaban J connectivity index is 0.000000375. The third kappa shape index (κ3) is 6.86. The molecule has 2 N–H and O–H groups in total. The summed E-state index contributed by atoms with van der Waals surface area (Å²) in [5, 5.41) is 8.90. The van der Waals surface area contributed by atoms with Crippen molar-refractivity contribution in [1.29, 1.82) is 5.26 Å². The first-order valence-corrected chi connectivity index (χ1v) is 11.6. The van der Waals surface area contributed by atoms with Crippen LogP contribution in [0.1, 0.15) is 36.1 Å². The first-order valence-electron chi connectivity index (χ1n) is 11.6. The van der Waals surface area contributed by atoms with E-state index >= 15 is 0 Å². The summed E-state index contributed by atoms with van der Waals surface area (Å²) in [6.45, 7) is 4.21. The molecule has 200 valence electrons. The highest BCUT2D eigenvalue weighted by atomic mass is 19.4. The number of nitrogens with two attached hydrogens (primary N) is 1. The average molecular weight is 532 g/mol. The van der Waals surface area contributed by atoms with E-state index in [1.807, 2.05) is 0 Å². The number of nitrogens with zero attached hydrogens (tertiary/aromatic N) is 2. The van der Waals surface area contributed by atoms with E-state index in [1.165, 1.54) is 35.2 Å². The van der Waals surface area contributed by atoms with Crippen LogP contribution in [-0.2, 0) is 24.1 Å². The first kappa shape index (κ1) is 28.6. The van der Waals surface area contributed by atoms with Crippen molar-refractivity contribution in [2.24, 2.45) is 11.1 Å². The van der Waals surface area contributed by atoms with Crippen LogP contribution >= 0.6 is 0 Å². The van der Waals surface area contributed by atoms with E-state index in [9.17, 15) is 26.7 Å². The molecule has 3 aromatic rings. The summed E-state index contributed by atoms with van der Waals surface area (Å²) in [6.07, 6.45) is -5.76. The van der Waals surface area contributed by atoms with Gasteiger partial charge in [-0.1, -0.05) is 44.2 Å². The lowest BCUT2D eigenvalue weighted by Crippen LogP contribution is -2.36. The summed E-state index contributed by atoms with van der Waals surface area (Å²) in [5.74, 6) is -1.26. The van der Waals surface area contributed by atoms with Gasteiger partial charge in [-0.05, 0) is 42.0 Å². The van der Waals surface area contributed by atoms with Crippen LogP contribution in [0.5, 0.6) is 5.75 Å². The number of benzene rings is 3. The molecule has 1 unspecified atom stereocenters. The predicted octanol–water partition coefficient (Wildman–Crippen LogP) is 5.82. The first-order chi connectivity index (χ1) is 17.9. The molecule has 38 heavy (non-hydrogen) atoms. The molecule has 0 saturated carbocycles. The van der Waals surface area contributed by atoms with Crippen LogP contribution in [0.3, 0.4) is 0 Å². The summed E-state index contributed by atoms with van der Waals surface area (Å²) in [6, 6.07) is 16.8. The van der Waals surface area contributed by atoms with Crippen molar-refractivity contribution in [3.05, 3.63) is 101 Å². The van der Waals surface area contributed by atoms with Gasteiger partial charge < -0.3 is 15.4 Å². The number of nitriles is 1. The Morgan fingerprint density at radius 1 is 1.08 bits per heavy atom. The lowest BCUT2D eigenvalue weighted by atomic mass is 9.89. The highest BCUT2D eigenvalue weighted by molar-refractivity contribution is 5.84. The molecule has 0 radical (unpaired) electrons. The Labute approximate surface area is 217 Å². The standard InChI is InChI=1S/C21H18F4N2O2.C7H8FN/c1-20(2)12-27(11-14-5-3-4-6-17(14)22)19(28)18(20)29-15-8-7-13(10-26)16(9-15)21(23,24)25;8-7-3-1-2-6(4-7)5-9/h3-9,18H,11-12H2,1-2H3;1-4H,5,9H2. The van der Waals surface area contributed by atoms with Gasteiger partial charge in [0.05, 0.1) is 17.2 Å². The summed E-state index contributed by atoms with van der Waals surface area (Å²) >= 11 is 0. The zero-order valence-electron chi connectivity index (χ0n) is 20.7. The fourth-order valence-corrected chi connectivity index (χ4v) is 4.06. The van der Waals surface area contributed by atoms with Crippen molar-refractivity contribution in [1.82, 2.24) is 4.90 Å². The summed E-state index contributed by atoms with van der Waals surface area (Å²) in [5.41, 5.74) is 4.06. The fourth-order valence-electron chi connectivity index (χ4n) is 4.06. The third-order valence-electron chi connectivity index (χ3n) is 5.96. The molecular formula is C28H26F5N3O2. The lowest BCUT2D eigenvalue weighted by Gasteiger charge is -2.24. The van der Waals surface area contributed by atoms with Gasteiger partial charge in [-0.25, -0.2) is 8.78 Å². The van der Waals surface area contributed by atoms with Crippen molar-refractivity contribution in [3.8, 4) is 11.8 Å². The van der Waals surface area contributed by atoms with Crippen molar-refractivity contribution in [2.45, 2.75) is 39.2 Å². The van der Waals surface area contributed by atoms with E-state index < -0.39 is 40.5 Å². The van der Waals surface area contributed by atoms with Crippen molar-refractivity contribution < 1.29 is 31.5 Å². The second-order valence-electron chi connectivity index (χ2n) is 9.42. The highest BCUT2D eigenvalue weighted by Gasteiger charge is 2.48. The smallest absolute Gasteiger partial charge is 0.417 e. The lowest BCUT2D eigenvalue weighted by molar-refractivity contribution is -0.138. The van der Waals surface area contributed by atoms with Crippen LogP contribution in [0.4, 0.5) is 22.0 Å². The second-order valence-corrected chi connectivity index (χ2v) is 9.42. The number of rotatable bonds is 5. The molecule has 0 bridgehead atoms. The Morgan fingerprint density at radius 2 is 1.79 bits per heavy atom. The van der Waals surface area contributed by atoms with Gasteiger partial charge in [0, 0.05) is 30.6 Å². The summed E-state index contributed by atoms with van der Waals surface area (Å²) in [7, 11) is 0. The number of carbonyl (C=O) groups excluding carboxylic acids is 1. The van der Waals surface area contributed by atoms with Gasteiger partial charge in [0.1, 0.15) is 17.4 Å². The number of ether oxygens (including phenoxy) is 1. The number of halogens is 5. The number of alkyl halides is 3. The zero-order chi connectivity index (χ0) is 28.1. The molecule has 5 nitrogen and oxygen atoms in total. The Kier molecular flexibility index (Phi) is 8.74. The molecule has 10 heteroatoms. The minimum absolute atomic E-state index is 0.0377. The van der Waals surface area contributed by atoms with Gasteiger partial charge in [-0.3, -0.25) is 4.79 Å². The molecule has 0 aromatic heterocycles. The predicted molar refractivity (Wildman–Crippen MR) is 130 cm³/mol. The summed E-state index contributed by atoms with van der Waals surface area (Å²) < 4.78 is 71.4. The maximum atomic E-state index is 13.9. The third-order valence-corrected chi connectivity index (χ3v) is 5.96. The van der Waals surface area contributed by atoms with Gasteiger partial charge in [0.15, 0.2) is 6.10 Å². The molecule has 1 saturated heterocycles. The van der Waals surface area contributed by atoms with Gasteiger partial charge in [-0.15, -0.1) is 0 Å². The van der Waals surface area contributed by atoms with E-state index in [0.29, 0.717) is 12.1 Å². The molecule has 0 aliphatic carbocycles. The Hall–Kier alpha value is -3.97. The number of hydrogen-bond donors (Lipinski definition) is 1. The van der Waals surface area contributed by atoms with Crippen molar-refractivity contribution in [2.75, 3.05) is 6.54 Å². The maximum absolute atomic E-state index is 13.9. The number of hydrogen-bond acceptors (Lipinski definition) is 4. The largest absolute Gasteiger partial charge is 0.480 e. The van der Waals surface area contributed by atoms with Gasteiger partial charge in [0.2, 0.25) is 0 Å². The molecule has 1 aliphatic heterocycles. The molecule has 1 amide bonds. The molecule has 0 spiro atoms. The molecule has 1 heterocycles. The molecule has 1 atom stereocenters. The Bertz CT molecular complexity index is 1330. The van der Waals surface area contributed by atoms with Crippen LogP contribution in [0, 0.1) is 28.4 Å². The van der Waals surface area contributed by atoms with Crippen molar-refractivity contribution >= 4 is 5.91 Å². The summed E-state index contributed by atoms with van der Waals surface area (Å²) in [4.78, 5) is 14.3. The number of amides is 1.